The van der Waals surface area contributed by atoms with Crippen LogP contribution in [0, 0.1) is 30.6 Å². The van der Waals surface area contributed by atoms with Gasteiger partial charge in [-0.3, -0.25) is 20.0 Å². The van der Waals surface area contributed by atoms with E-state index in [9.17, 15) is 30.6 Å². The highest BCUT2D eigenvalue weighted by Crippen LogP contribution is 2.17. The highest BCUT2D eigenvalue weighted by Gasteiger charge is 2.32. The summed E-state index contributed by atoms with van der Waals surface area (Å²) in [5.41, 5.74) is -0.0657. The molecule has 0 radical (unpaired) electrons. The summed E-state index contributed by atoms with van der Waals surface area (Å²) in [5, 5.41) is 50.0. The molecule has 0 unspecified atom stereocenters. The van der Waals surface area contributed by atoms with Crippen molar-refractivity contribution in [2.24, 2.45) is 0 Å². The quantitative estimate of drug-likeness (QED) is 0.260. The molecule has 0 N–H and O–H groups in total. The van der Waals surface area contributed by atoms with E-state index in [1.165, 1.54) is 0 Å². The van der Waals surface area contributed by atoms with E-state index in [1.54, 1.807) is 0 Å². The molecule has 0 aliphatic carbocycles. The van der Waals surface area contributed by atoms with Crippen molar-refractivity contribution in [3.05, 3.63) is 42.0 Å². The van der Waals surface area contributed by atoms with Gasteiger partial charge in [0.2, 0.25) is 5.69 Å². The van der Waals surface area contributed by atoms with Crippen LogP contribution in [0.4, 0.5) is 11.6 Å². The number of hydrogen-bond acceptors (Lipinski definition) is 10. The van der Waals surface area contributed by atoms with E-state index in [-0.39, 0.29) is 34.0 Å². The smallest absolute Gasteiger partial charge is 0.323 e. The largest absolute Gasteiger partial charge is 0.582 e. The monoisotopic (exact) mass is 344 g/mol. The second-order valence-corrected chi connectivity index (χ2v) is 4.83. The van der Waals surface area contributed by atoms with Crippen LogP contribution in [0.1, 0.15) is 37.1 Å². The van der Waals surface area contributed by atoms with Gasteiger partial charge in [0.25, 0.3) is 0 Å². The Hall–Kier alpha value is -3.32. The Morgan fingerprint density at radius 1 is 0.792 bits per heavy atom. The van der Waals surface area contributed by atoms with Crippen LogP contribution in [0.15, 0.2) is 9.26 Å². The highest BCUT2D eigenvalue weighted by molar-refractivity contribution is 5.18. The Morgan fingerprint density at radius 3 is 1.50 bits per heavy atom. The molecule has 2 heterocycles. The van der Waals surface area contributed by atoms with Gasteiger partial charge < -0.3 is 15.3 Å². The molecule has 0 atom stereocenters. The van der Waals surface area contributed by atoms with Gasteiger partial charge in [-0.05, 0) is 12.8 Å². The van der Waals surface area contributed by atoms with Gasteiger partial charge in [-0.1, -0.05) is 12.8 Å². The molecule has 0 saturated carbocycles. The number of aryl methyl sites for hydroxylation is 2. The van der Waals surface area contributed by atoms with Gasteiger partial charge in [0, 0.05) is 17.8 Å². The van der Waals surface area contributed by atoms with Crippen LogP contribution >= 0.6 is 0 Å². The Labute approximate surface area is 132 Å². The molecule has 0 fully saturated rings. The van der Waals surface area contributed by atoms with Crippen LogP contribution in [-0.2, 0) is 12.8 Å². The minimum Gasteiger partial charge on any atom is -0.323 e. The van der Waals surface area contributed by atoms with Gasteiger partial charge >= 0.3 is 17.3 Å². The fourth-order valence-corrected chi connectivity index (χ4v) is 2.14. The molecule has 0 aliphatic heterocycles. The van der Waals surface area contributed by atoms with Gasteiger partial charge in [-0.15, -0.1) is 5.16 Å². The molecule has 0 spiro atoms. The Morgan fingerprint density at radius 2 is 1.17 bits per heavy atom. The summed E-state index contributed by atoms with van der Waals surface area (Å²) in [6.45, 7) is 0. The van der Waals surface area contributed by atoms with Crippen LogP contribution in [0.25, 0.3) is 0 Å². The molecular formula is C10H12N6O8. The first-order chi connectivity index (χ1) is 11.4. The molecule has 2 aromatic rings. The van der Waals surface area contributed by atoms with Gasteiger partial charge in [-0.25, -0.2) is 0 Å². The molecular weight excluding hydrogens is 332 g/mol. The summed E-state index contributed by atoms with van der Waals surface area (Å²) in [4.78, 5) is 19.1. The van der Waals surface area contributed by atoms with E-state index in [0.29, 0.717) is 25.7 Å². The molecule has 0 amide bonds. The summed E-state index contributed by atoms with van der Waals surface area (Å²) in [6, 6.07) is 0. The number of nitrogens with zero attached hydrogens (tertiary/aromatic N) is 6. The van der Waals surface area contributed by atoms with Crippen molar-refractivity contribution < 1.29 is 28.9 Å². The van der Waals surface area contributed by atoms with Crippen molar-refractivity contribution in [1.29, 1.82) is 0 Å². The summed E-state index contributed by atoms with van der Waals surface area (Å²) < 4.78 is 8.37. The SMILES string of the molecule is O=[N+]([O-])c1c(CCCCCCc2no[n+]([O-])c2[N+](=O)[O-])no[n+]1[O-]. The maximum Gasteiger partial charge on any atom is 0.582 e. The number of aromatic nitrogens is 4. The summed E-state index contributed by atoms with van der Waals surface area (Å²) in [7, 11) is 0. The Bertz CT molecular complexity index is 678. The third-order valence-electron chi connectivity index (χ3n) is 3.24. The van der Waals surface area contributed by atoms with E-state index >= 15 is 0 Å². The van der Waals surface area contributed by atoms with Crippen LogP contribution in [0.5, 0.6) is 0 Å². The number of hydrogen-bond donors (Lipinski definition) is 0. The average Bonchev–Trinajstić information content (AvgIpc) is 3.05. The molecule has 14 nitrogen and oxygen atoms in total. The van der Waals surface area contributed by atoms with Crippen LogP contribution in [0.3, 0.4) is 0 Å². The topological polar surface area (TPSA) is 192 Å². The molecule has 2 aromatic heterocycles. The third kappa shape index (κ3) is 3.71. The number of nitro groups is 2. The van der Waals surface area contributed by atoms with E-state index in [4.69, 9.17) is 0 Å². The lowest BCUT2D eigenvalue weighted by Gasteiger charge is -1.96. The lowest BCUT2D eigenvalue weighted by molar-refractivity contribution is -0.825. The molecule has 14 heteroatoms. The first-order valence-electron chi connectivity index (χ1n) is 6.87. The van der Waals surface area contributed by atoms with Crippen molar-refractivity contribution in [2.45, 2.75) is 38.5 Å². The molecule has 0 bridgehead atoms. The van der Waals surface area contributed by atoms with E-state index < -0.39 is 21.5 Å². The highest BCUT2D eigenvalue weighted by atomic mass is 16.8. The van der Waals surface area contributed by atoms with Crippen molar-refractivity contribution in [2.75, 3.05) is 0 Å². The summed E-state index contributed by atoms with van der Waals surface area (Å²) >= 11 is 0. The molecule has 130 valence electrons. The van der Waals surface area contributed by atoms with E-state index in [2.05, 4.69) is 19.6 Å². The van der Waals surface area contributed by atoms with Gasteiger partial charge in [-0.2, -0.15) is 4.63 Å². The van der Waals surface area contributed by atoms with Crippen molar-refractivity contribution in [3.63, 3.8) is 0 Å². The molecule has 0 aromatic carbocycles. The lowest BCUT2D eigenvalue weighted by Crippen LogP contribution is -2.26. The third-order valence-corrected chi connectivity index (χ3v) is 3.24. The zero-order chi connectivity index (χ0) is 17.7. The molecule has 2 rings (SSSR count). The average molecular weight is 344 g/mol. The lowest BCUT2D eigenvalue weighted by atomic mass is 10.1. The minimum absolute atomic E-state index is 0.0328. The maximum absolute atomic E-state index is 11.0. The predicted octanol–water partition coefficient (Wildman–Crippen LogP) is 0.0914. The van der Waals surface area contributed by atoms with E-state index in [1.807, 2.05) is 0 Å². The first kappa shape index (κ1) is 17.0. The zero-order valence-corrected chi connectivity index (χ0v) is 12.2. The zero-order valence-electron chi connectivity index (χ0n) is 12.2. The first-order valence-corrected chi connectivity index (χ1v) is 6.87. The number of rotatable bonds is 9. The Balaban J connectivity index is 1.75. The fraction of sp³-hybridized carbons (Fsp3) is 0.600. The van der Waals surface area contributed by atoms with Gasteiger partial charge in [0.15, 0.2) is 0 Å². The van der Waals surface area contributed by atoms with Crippen LogP contribution in [0.2, 0.25) is 0 Å². The minimum atomic E-state index is -0.860. The molecule has 24 heavy (non-hydrogen) atoms. The van der Waals surface area contributed by atoms with Crippen molar-refractivity contribution >= 4 is 11.6 Å². The van der Waals surface area contributed by atoms with E-state index in [0.717, 1.165) is 0 Å². The number of unbranched alkanes of at least 4 members (excludes halogenated alkanes) is 3. The maximum atomic E-state index is 11.0. The summed E-state index contributed by atoms with van der Waals surface area (Å²) in [5.74, 6) is -1.46. The van der Waals surface area contributed by atoms with Crippen molar-refractivity contribution in [3.8, 4) is 0 Å². The van der Waals surface area contributed by atoms with Crippen LogP contribution < -0.4 is 9.81 Å². The summed E-state index contributed by atoms with van der Waals surface area (Å²) in [6.07, 6.45) is 2.67. The molecule has 0 saturated heterocycles. The van der Waals surface area contributed by atoms with Gasteiger partial charge in [0.05, 0.1) is 4.90 Å². The molecule has 0 aliphatic rings. The van der Waals surface area contributed by atoms with Crippen molar-refractivity contribution in [1.82, 2.24) is 10.3 Å². The fourth-order valence-electron chi connectivity index (χ4n) is 2.14. The standard InChI is InChI=1S/C10H12N6O8/c17-13(18)9-7(11-23-15(9)21)5-3-1-2-4-6-8-10(14(19)20)16(22)24-12-8/h1-6H2. The second-order valence-electron chi connectivity index (χ2n) is 4.83. The Kier molecular flexibility index (Phi) is 5.18. The van der Waals surface area contributed by atoms with Crippen LogP contribution in [-0.4, -0.2) is 20.2 Å². The normalized spacial score (nSPS) is 10.8. The predicted molar refractivity (Wildman–Crippen MR) is 70.1 cm³/mol. The second kappa shape index (κ2) is 7.30. The van der Waals surface area contributed by atoms with Gasteiger partial charge in [0.1, 0.15) is 15.0 Å².